The van der Waals surface area contributed by atoms with Crippen LogP contribution in [-0.4, -0.2) is 11.1 Å². The lowest BCUT2D eigenvalue weighted by Gasteiger charge is -2.29. The Morgan fingerprint density at radius 1 is 0.955 bits per heavy atom. The highest BCUT2D eigenvalue weighted by molar-refractivity contribution is 5.82. The fraction of sp³-hybridized carbons (Fsp3) is 0.550. The minimum atomic E-state index is 0.403. The van der Waals surface area contributed by atoms with Crippen LogP contribution in [0.25, 0.3) is 10.8 Å². The van der Waals surface area contributed by atoms with E-state index in [1.807, 2.05) is 12.4 Å². The summed E-state index contributed by atoms with van der Waals surface area (Å²) in [7, 11) is 0. The molecular formula is C20H25NO. The van der Waals surface area contributed by atoms with Gasteiger partial charge in [-0.1, -0.05) is 13.8 Å². The summed E-state index contributed by atoms with van der Waals surface area (Å²) in [5, 5.41) is 2.39. The predicted octanol–water partition coefficient (Wildman–Crippen LogP) is 5.07. The van der Waals surface area contributed by atoms with E-state index in [9.17, 15) is 0 Å². The number of fused-ring (bicyclic) bond motifs is 1. The van der Waals surface area contributed by atoms with Crippen LogP contribution in [0.3, 0.4) is 0 Å². The molecule has 1 heterocycles. The molecule has 0 amide bonds. The van der Waals surface area contributed by atoms with Crippen LogP contribution in [0.5, 0.6) is 5.75 Å². The molecule has 2 heteroatoms. The Labute approximate surface area is 132 Å². The van der Waals surface area contributed by atoms with Crippen molar-refractivity contribution in [3.05, 3.63) is 36.7 Å². The zero-order valence-corrected chi connectivity index (χ0v) is 13.5. The molecular weight excluding hydrogens is 270 g/mol. The first-order valence-corrected chi connectivity index (χ1v) is 8.73. The third-order valence-electron chi connectivity index (χ3n) is 6.08. The molecule has 2 aromatic rings. The fourth-order valence-electron chi connectivity index (χ4n) is 4.48. The van der Waals surface area contributed by atoms with Crippen LogP contribution < -0.4 is 4.74 Å². The van der Waals surface area contributed by atoms with Gasteiger partial charge >= 0.3 is 0 Å². The lowest BCUT2D eigenvalue weighted by atomic mass is 9.83. The number of ether oxygens (including phenoxy) is 1. The van der Waals surface area contributed by atoms with Gasteiger partial charge in [-0.3, -0.25) is 4.98 Å². The molecule has 2 aliphatic carbocycles. The van der Waals surface area contributed by atoms with Gasteiger partial charge in [0.2, 0.25) is 0 Å². The Morgan fingerprint density at radius 2 is 1.73 bits per heavy atom. The second kappa shape index (κ2) is 5.57. The number of hydrogen-bond donors (Lipinski definition) is 0. The molecule has 0 spiro atoms. The van der Waals surface area contributed by atoms with E-state index in [1.165, 1.54) is 36.5 Å². The van der Waals surface area contributed by atoms with Crippen molar-refractivity contribution in [3.8, 4) is 5.75 Å². The smallest absolute Gasteiger partial charge is 0.120 e. The molecule has 2 fully saturated rings. The molecule has 1 aromatic heterocycles. The SMILES string of the molecule is CC1C(C)C1C1CCC(Oc2ccc3cnccc3c2)CC1. The molecule has 2 saturated carbocycles. The molecule has 4 rings (SSSR count). The number of nitrogens with zero attached hydrogens (tertiary/aromatic N) is 1. The lowest BCUT2D eigenvalue weighted by molar-refractivity contribution is 0.122. The maximum atomic E-state index is 6.25. The summed E-state index contributed by atoms with van der Waals surface area (Å²) in [6.45, 7) is 4.84. The summed E-state index contributed by atoms with van der Waals surface area (Å²) in [4.78, 5) is 4.16. The quantitative estimate of drug-likeness (QED) is 0.788. The van der Waals surface area contributed by atoms with Gasteiger partial charge in [0, 0.05) is 17.8 Å². The van der Waals surface area contributed by atoms with Crippen molar-refractivity contribution in [1.29, 1.82) is 0 Å². The zero-order chi connectivity index (χ0) is 15.1. The predicted molar refractivity (Wildman–Crippen MR) is 89.9 cm³/mol. The lowest BCUT2D eigenvalue weighted by Crippen LogP contribution is -2.25. The molecule has 2 nitrogen and oxygen atoms in total. The summed E-state index contributed by atoms with van der Waals surface area (Å²) in [6, 6.07) is 8.39. The van der Waals surface area contributed by atoms with E-state index >= 15 is 0 Å². The third kappa shape index (κ3) is 2.60. The summed E-state index contributed by atoms with van der Waals surface area (Å²) >= 11 is 0. The van der Waals surface area contributed by atoms with Gasteiger partial charge in [0.25, 0.3) is 0 Å². The van der Waals surface area contributed by atoms with Gasteiger partial charge in [0.15, 0.2) is 0 Å². The highest BCUT2D eigenvalue weighted by Gasteiger charge is 2.48. The van der Waals surface area contributed by atoms with Crippen LogP contribution in [-0.2, 0) is 0 Å². The standard InChI is InChI=1S/C20H25NO/c1-13-14(2)20(13)15-3-6-18(7-4-15)22-19-8-5-17-12-21-10-9-16(17)11-19/h5,8-15,18,20H,3-4,6-7H2,1-2H3. The highest BCUT2D eigenvalue weighted by atomic mass is 16.5. The zero-order valence-electron chi connectivity index (χ0n) is 13.5. The van der Waals surface area contributed by atoms with Gasteiger partial charge in [-0.25, -0.2) is 0 Å². The van der Waals surface area contributed by atoms with E-state index in [0.717, 1.165) is 29.4 Å². The molecule has 22 heavy (non-hydrogen) atoms. The van der Waals surface area contributed by atoms with E-state index in [0.29, 0.717) is 6.10 Å². The molecule has 0 bridgehead atoms. The first-order chi connectivity index (χ1) is 10.7. The van der Waals surface area contributed by atoms with Crippen LogP contribution in [0.2, 0.25) is 0 Å². The number of hydrogen-bond acceptors (Lipinski definition) is 2. The molecule has 2 aliphatic rings. The molecule has 2 unspecified atom stereocenters. The molecule has 2 atom stereocenters. The first kappa shape index (κ1) is 14.0. The Balaban J connectivity index is 1.37. The fourth-order valence-corrected chi connectivity index (χ4v) is 4.48. The van der Waals surface area contributed by atoms with Crippen LogP contribution in [0.1, 0.15) is 39.5 Å². The Hall–Kier alpha value is -1.57. The third-order valence-corrected chi connectivity index (χ3v) is 6.08. The minimum absolute atomic E-state index is 0.403. The topological polar surface area (TPSA) is 22.1 Å². The van der Waals surface area contributed by atoms with Gasteiger partial charge < -0.3 is 4.74 Å². The van der Waals surface area contributed by atoms with Crippen molar-refractivity contribution in [3.63, 3.8) is 0 Å². The average Bonchev–Trinajstić information content (AvgIpc) is 3.15. The van der Waals surface area contributed by atoms with Crippen molar-refractivity contribution in [2.75, 3.05) is 0 Å². The first-order valence-electron chi connectivity index (χ1n) is 8.73. The molecule has 0 N–H and O–H groups in total. The number of aromatic nitrogens is 1. The van der Waals surface area contributed by atoms with Crippen molar-refractivity contribution in [2.45, 2.75) is 45.6 Å². The summed E-state index contributed by atoms with van der Waals surface area (Å²) in [5.41, 5.74) is 0. The molecule has 116 valence electrons. The Bertz CT molecular complexity index is 652. The van der Waals surface area contributed by atoms with Crippen molar-refractivity contribution < 1.29 is 4.74 Å². The van der Waals surface area contributed by atoms with E-state index in [-0.39, 0.29) is 0 Å². The van der Waals surface area contributed by atoms with Crippen molar-refractivity contribution >= 4 is 10.8 Å². The van der Waals surface area contributed by atoms with Crippen molar-refractivity contribution in [1.82, 2.24) is 4.98 Å². The molecule has 1 aromatic carbocycles. The van der Waals surface area contributed by atoms with E-state index < -0.39 is 0 Å². The normalized spacial score (nSPS) is 34.5. The maximum Gasteiger partial charge on any atom is 0.120 e. The molecule has 0 radical (unpaired) electrons. The van der Waals surface area contributed by atoms with Gasteiger partial charge in [-0.05, 0) is 79.0 Å². The van der Waals surface area contributed by atoms with Gasteiger partial charge in [-0.15, -0.1) is 0 Å². The molecule has 0 aliphatic heterocycles. The highest BCUT2D eigenvalue weighted by Crippen LogP contribution is 2.54. The van der Waals surface area contributed by atoms with Crippen molar-refractivity contribution in [2.24, 2.45) is 23.7 Å². The van der Waals surface area contributed by atoms with E-state index in [4.69, 9.17) is 4.74 Å². The maximum absolute atomic E-state index is 6.25. The van der Waals surface area contributed by atoms with Crippen LogP contribution >= 0.6 is 0 Å². The summed E-state index contributed by atoms with van der Waals surface area (Å²) in [6.07, 6.45) is 9.28. The van der Waals surface area contributed by atoms with Gasteiger partial charge in [0.05, 0.1) is 6.10 Å². The number of pyridine rings is 1. The van der Waals surface area contributed by atoms with Crippen LogP contribution in [0.15, 0.2) is 36.7 Å². The number of benzene rings is 1. The van der Waals surface area contributed by atoms with E-state index in [1.54, 1.807) is 0 Å². The molecule has 0 saturated heterocycles. The second-order valence-electron chi connectivity index (χ2n) is 7.33. The Kier molecular flexibility index (Phi) is 3.56. The summed E-state index contributed by atoms with van der Waals surface area (Å²) < 4.78 is 6.25. The van der Waals surface area contributed by atoms with Gasteiger partial charge in [0.1, 0.15) is 5.75 Å². The van der Waals surface area contributed by atoms with E-state index in [2.05, 4.69) is 43.1 Å². The second-order valence-corrected chi connectivity index (χ2v) is 7.33. The monoisotopic (exact) mass is 295 g/mol. The average molecular weight is 295 g/mol. The summed E-state index contributed by atoms with van der Waals surface area (Å²) in [5.74, 6) is 4.87. The Morgan fingerprint density at radius 3 is 2.45 bits per heavy atom. The largest absolute Gasteiger partial charge is 0.490 e. The van der Waals surface area contributed by atoms with Crippen LogP contribution in [0.4, 0.5) is 0 Å². The minimum Gasteiger partial charge on any atom is -0.490 e. The van der Waals surface area contributed by atoms with Crippen LogP contribution in [0, 0.1) is 23.7 Å². The van der Waals surface area contributed by atoms with Gasteiger partial charge in [-0.2, -0.15) is 0 Å². The number of rotatable bonds is 3.